The summed E-state index contributed by atoms with van der Waals surface area (Å²) in [6.45, 7) is 3.74. The van der Waals surface area contributed by atoms with Crippen molar-refractivity contribution in [3.8, 4) is 11.5 Å². The summed E-state index contributed by atoms with van der Waals surface area (Å²) < 4.78 is 17.6. The van der Waals surface area contributed by atoms with Crippen LogP contribution in [0, 0.1) is 6.92 Å². The quantitative estimate of drug-likeness (QED) is 0.367. The Morgan fingerprint density at radius 1 is 1.19 bits per heavy atom. The first-order valence-corrected chi connectivity index (χ1v) is 11.4. The molecular formula is C21H24N4O5S2. The number of amides is 1. The maximum Gasteiger partial charge on any atom is 0.340 e. The van der Waals surface area contributed by atoms with E-state index in [0.29, 0.717) is 27.3 Å². The summed E-state index contributed by atoms with van der Waals surface area (Å²) in [5, 5.41) is 12.2. The van der Waals surface area contributed by atoms with E-state index >= 15 is 0 Å². The average molecular weight is 477 g/mol. The molecule has 32 heavy (non-hydrogen) atoms. The van der Waals surface area contributed by atoms with Gasteiger partial charge >= 0.3 is 5.97 Å². The Balaban J connectivity index is 1.59. The first kappa shape index (κ1) is 23.6. The molecule has 0 fully saturated rings. The fourth-order valence-corrected chi connectivity index (χ4v) is 4.51. The second-order valence-electron chi connectivity index (χ2n) is 6.76. The molecule has 1 amide bonds. The van der Waals surface area contributed by atoms with Gasteiger partial charge in [-0.1, -0.05) is 11.8 Å². The number of thioether (sulfide) groups is 1. The number of hydrogen-bond donors (Lipinski definition) is 1. The number of nitrogens with zero attached hydrogens (tertiary/aromatic N) is 3. The van der Waals surface area contributed by atoms with Crippen LogP contribution in [0.2, 0.25) is 0 Å². The van der Waals surface area contributed by atoms with Crippen LogP contribution in [0.15, 0.2) is 35.5 Å². The van der Waals surface area contributed by atoms with Gasteiger partial charge in [-0.15, -0.1) is 21.5 Å². The van der Waals surface area contributed by atoms with E-state index in [2.05, 4.69) is 15.5 Å². The minimum absolute atomic E-state index is 0.108. The van der Waals surface area contributed by atoms with Crippen molar-refractivity contribution in [2.45, 2.75) is 25.1 Å². The molecule has 0 aliphatic carbocycles. The van der Waals surface area contributed by atoms with E-state index in [1.165, 1.54) is 30.2 Å². The lowest BCUT2D eigenvalue weighted by atomic mass is 10.3. The monoisotopic (exact) mass is 476 g/mol. The number of methoxy groups -OCH3 is 2. The summed E-state index contributed by atoms with van der Waals surface area (Å²) >= 11 is 2.57. The average Bonchev–Trinajstić information content (AvgIpc) is 3.34. The van der Waals surface area contributed by atoms with Crippen LogP contribution in [-0.4, -0.2) is 46.6 Å². The number of ether oxygens (including phenoxy) is 3. The zero-order valence-corrected chi connectivity index (χ0v) is 20.0. The molecule has 1 atom stereocenters. The molecule has 3 rings (SSSR count). The first-order chi connectivity index (χ1) is 15.3. The van der Waals surface area contributed by atoms with Crippen molar-refractivity contribution in [2.24, 2.45) is 7.05 Å². The molecule has 0 aliphatic rings. The molecule has 9 nitrogen and oxygen atoms in total. The highest BCUT2D eigenvalue weighted by atomic mass is 32.2. The molecule has 2 heterocycles. The molecule has 1 N–H and O–H groups in total. The van der Waals surface area contributed by atoms with Gasteiger partial charge in [0.25, 0.3) is 0 Å². The van der Waals surface area contributed by atoms with Gasteiger partial charge in [0.2, 0.25) is 5.91 Å². The second kappa shape index (κ2) is 10.5. The van der Waals surface area contributed by atoms with Gasteiger partial charge in [0.05, 0.1) is 25.5 Å². The Bertz CT molecular complexity index is 1090. The van der Waals surface area contributed by atoms with Gasteiger partial charge in [-0.25, -0.2) is 4.79 Å². The Morgan fingerprint density at radius 3 is 2.53 bits per heavy atom. The first-order valence-electron chi connectivity index (χ1n) is 9.63. The topological polar surface area (TPSA) is 105 Å². The number of rotatable bonds is 9. The van der Waals surface area contributed by atoms with Gasteiger partial charge in [0.15, 0.2) is 17.1 Å². The maximum atomic E-state index is 12.4. The summed E-state index contributed by atoms with van der Waals surface area (Å²) in [5.74, 6) is 1.43. The van der Waals surface area contributed by atoms with Gasteiger partial charge in [-0.2, -0.15) is 0 Å². The highest BCUT2D eigenvalue weighted by Crippen LogP contribution is 2.29. The third-order valence-electron chi connectivity index (χ3n) is 4.45. The van der Waals surface area contributed by atoms with Crippen LogP contribution in [-0.2, 0) is 16.6 Å². The fraction of sp³-hybridized carbons (Fsp3) is 0.333. The third-order valence-corrected chi connectivity index (χ3v) is 6.44. The van der Waals surface area contributed by atoms with Gasteiger partial charge in [0, 0.05) is 11.9 Å². The molecule has 1 unspecified atom stereocenters. The Hall–Kier alpha value is -3.05. The molecule has 0 saturated carbocycles. The van der Waals surface area contributed by atoms with Crippen LogP contribution >= 0.6 is 23.1 Å². The molecule has 2 aromatic heterocycles. The van der Waals surface area contributed by atoms with Crippen molar-refractivity contribution in [1.29, 1.82) is 0 Å². The number of hydrogen-bond acceptors (Lipinski definition) is 9. The standard InChI is InChI=1S/C21H24N4O5S2/c1-12-10-16(20(27)29-5)19(32-12)22-17(26)11-31-21-24-23-18(25(21)3)13(2)30-15-8-6-14(28-4)7-9-15/h6-10,13H,11H2,1-5H3,(H,22,26). The zero-order chi connectivity index (χ0) is 23.3. The maximum absolute atomic E-state index is 12.4. The minimum atomic E-state index is -0.485. The number of carbonyl (C=O) groups is 2. The number of anilines is 1. The van der Waals surface area contributed by atoms with Crippen molar-refractivity contribution in [2.75, 3.05) is 25.3 Å². The van der Waals surface area contributed by atoms with Crippen LogP contribution in [0.5, 0.6) is 11.5 Å². The molecule has 0 saturated heterocycles. The van der Waals surface area contributed by atoms with E-state index in [0.717, 1.165) is 10.6 Å². The number of aryl methyl sites for hydroxylation is 1. The fourth-order valence-electron chi connectivity index (χ4n) is 2.88. The minimum Gasteiger partial charge on any atom is -0.497 e. The van der Waals surface area contributed by atoms with Gasteiger partial charge < -0.3 is 24.1 Å². The largest absolute Gasteiger partial charge is 0.497 e. The van der Waals surface area contributed by atoms with E-state index in [-0.39, 0.29) is 17.8 Å². The zero-order valence-electron chi connectivity index (χ0n) is 18.4. The summed E-state index contributed by atoms with van der Waals surface area (Å²) in [6, 6.07) is 8.97. The molecule has 1 aromatic carbocycles. The van der Waals surface area contributed by atoms with Crippen molar-refractivity contribution >= 4 is 40.0 Å². The lowest BCUT2D eigenvalue weighted by Crippen LogP contribution is -2.16. The SMILES string of the molecule is COC(=O)c1cc(C)sc1NC(=O)CSc1nnc(C(C)Oc2ccc(OC)cc2)n1C. The third kappa shape index (κ3) is 5.60. The van der Waals surface area contributed by atoms with E-state index < -0.39 is 5.97 Å². The van der Waals surface area contributed by atoms with Gasteiger partial charge in [-0.3, -0.25) is 4.79 Å². The number of esters is 1. The summed E-state index contributed by atoms with van der Waals surface area (Å²) in [6.07, 6.45) is -0.347. The second-order valence-corrected chi connectivity index (χ2v) is 8.96. The summed E-state index contributed by atoms with van der Waals surface area (Å²) in [7, 11) is 4.74. The van der Waals surface area contributed by atoms with Crippen molar-refractivity contribution in [3.05, 3.63) is 46.6 Å². The number of carbonyl (C=O) groups excluding carboxylic acids is 2. The number of benzene rings is 1. The predicted molar refractivity (Wildman–Crippen MR) is 123 cm³/mol. The molecular weight excluding hydrogens is 452 g/mol. The van der Waals surface area contributed by atoms with E-state index in [1.54, 1.807) is 17.7 Å². The van der Waals surface area contributed by atoms with Crippen LogP contribution in [0.25, 0.3) is 0 Å². The van der Waals surface area contributed by atoms with E-state index in [9.17, 15) is 9.59 Å². The van der Waals surface area contributed by atoms with Crippen molar-refractivity contribution < 1.29 is 23.8 Å². The predicted octanol–water partition coefficient (Wildman–Crippen LogP) is 3.85. The molecule has 0 spiro atoms. The van der Waals surface area contributed by atoms with Crippen LogP contribution in [0.3, 0.4) is 0 Å². The Kier molecular flexibility index (Phi) is 7.75. The van der Waals surface area contributed by atoms with E-state index in [1.807, 2.05) is 45.2 Å². The lowest BCUT2D eigenvalue weighted by molar-refractivity contribution is -0.113. The molecule has 0 aliphatic heterocycles. The summed E-state index contributed by atoms with van der Waals surface area (Å²) in [4.78, 5) is 25.2. The Morgan fingerprint density at radius 2 is 1.88 bits per heavy atom. The van der Waals surface area contributed by atoms with Gasteiger partial charge in [-0.05, 0) is 44.2 Å². The lowest BCUT2D eigenvalue weighted by Gasteiger charge is -2.14. The normalized spacial score (nSPS) is 11.7. The van der Waals surface area contributed by atoms with Crippen LogP contribution < -0.4 is 14.8 Å². The highest BCUT2D eigenvalue weighted by molar-refractivity contribution is 7.99. The number of nitrogens with one attached hydrogen (secondary N) is 1. The van der Waals surface area contributed by atoms with Crippen molar-refractivity contribution in [1.82, 2.24) is 14.8 Å². The van der Waals surface area contributed by atoms with E-state index in [4.69, 9.17) is 14.2 Å². The van der Waals surface area contributed by atoms with Gasteiger partial charge in [0.1, 0.15) is 16.5 Å². The smallest absolute Gasteiger partial charge is 0.340 e. The highest BCUT2D eigenvalue weighted by Gasteiger charge is 2.20. The van der Waals surface area contributed by atoms with Crippen LogP contribution in [0.1, 0.15) is 34.1 Å². The molecule has 170 valence electrons. The summed E-state index contributed by atoms with van der Waals surface area (Å²) in [5.41, 5.74) is 0.346. The molecule has 11 heteroatoms. The molecule has 0 bridgehead atoms. The molecule has 0 radical (unpaired) electrons. The Labute approximate surface area is 194 Å². The molecule has 3 aromatic rings. The van der Waals surface area contributed by atoms with Crippen LogP contribution in [0.4, 0.5) is 5.00 Å². The number of thiophene rings is 1. The number of aromatic nitrogens is 3. The van der Waals surface area contributed by atoms with Crippen molar-refractivity contribution in [3.63, 3.8) is 0 Å².